The number of nitrogens with zero attached hydrogens (tertiary/aromatic N) is 2. The lowest BCUT2D eigenvalue weighted by molar-refractivity contribution is 0.459. The minimum atomic E-state index is -0.00878. The number of hydrogen-bond acceptors (Lipinski definition) is 3. The van der Waals surface area contributed by atoms with Crippen molar-refractivity contribution in [2.75, 3.05) is 0 Å². The molecule has 0 saturated heterocycles. The molecule has 0 spiro atoms. The molecule has 0 unspecified atom stereocenters. The Morgan fingerprint density at radius 2 is 1.96 bits per heavy atom. The number of thiocarbonyl (C=S) groups is 1. The summed E-state index contributed by atoms with van der Waals surface area (Å²) in [6, 6.07) is 15.9. The molecule has 0 aliphatic carbocycles. The monoisotopic (exact) mass is 352 g/mol. The Bertz CT molecular complexity index is 916. The summed E-state index contributed by atoms with van der Waals surface area (Å²) in [5.41, 5.74) is 3.50. The van der Waals surface area contributed by atoms with Crippen LogP contribution in [0.3, 0.4) is 0 Å². The molecule has 0 saturated carbocycles. The van der Waals surface area contributed by atoms with Crippen molar-refractivity contribution in [3.8, 4) is 5.88 Å². The van der Waals surface area contributed by atoms with Crippen molar-refractivity contribution in [3.63, 3.8) is 0 Å². The van der Waals surface area contributed by atoms with Crippen molar-refractivity contribution in [1.29, 1.82) is 0 Å². The maximum atomic E-state index is 10.1. The summed E-state index contributed by atoms with van der Waals surface area (Å²) >= 11 is 5.20. The second-order valence-corrected chi connectivity index (χ2v) is 6.51. The van der Waals surface area contributed by atoms with Gasteiger partial charge < -0.3 is 15.4 Å². The Morgan fingerprint density at radius 1 is 1.20 bits per heavy atom. The number of rotatable bonds is 4. The highest BCUT2D eigenvalue weighted by Gasteiger charge is 2.12. The van der Waals surface area contributed by atoms with Crippen molar-refractivity contribution in [1.82, 2.24) is 10.3 Å². The molecular formula is C19H20N4OS. The largest absolute Gasteiger partial charge is 0.493 e. The predicted molar refractivity (Wildman–Crippen MR) is 104 cm³/mol. The Balaban J connectivity index is 1.77. The third-order valence-corrected chi connectivity index (χ3v) is 4.20. The van der Waals surface area contributed by atoms with E-state index in [-0.39, 0.29) is 11.0 Å². The van der Waals surface area contributed by atoms with Gasteiger partial charge in [-0.15, -0.1) is 10.2 Å². The average molecular weight is 352 g/mol. The zero-order valence-electron chi connectivity index (χ0n) is 14.2. The number of nitrogens with one attached hydrogen (secondary N) is 2. The Labute approximate surface area is 151 Å². The van der Waals surface area contributed by atoms with Gasteiger partial charge in [0.1, 0.15) is 0 Å². The molecule has 2 aromatic carbocycles. The maximum absolute atomic E-state index is 10.1. The molecule has 25 heavy (non-hydrogen) atoms. The van der Waals surface area contributed by atoms with Gasteiger partial charge >= 0.3 is 0 Å². The van der Waals surface area contributed by atoms with E-state index >= 15 is 0 Å². The number of azo groups is 1. The maximum Gasteiger partial charge on any atom is 0.218 e. The van der Waals surface area contributed by atoms with Crippen LogP contribution in [0.5, 0.6) is 5.88 Å². The van der Waals surface area contributed by atoms with E-state index < -0.39 is 0 Å². The standard InChI is InChI=1S/C19H20N4OS/c1-12(2)14-8-9-16-15(10-14)17(18(24)21-16)22-23-19(25)20-11-13-6-4-3-5-7-13/h3-10,12,21,24H,11H2,1-2H3,(H,20,25). The molecule has 0 bridgehead atoms. The van der Waals surface area contributed by atoms with E-state index in [9.17, 15) is 5.11 Å². The van der Waals surface area contributed by atoms with Crippen LogP contribution in [0.15, 0.2) is 58.8 Å². The van der Waals surface area contributed by atoms with Crippen molar-refractivity contribution < 1.29 is 5.11 Å². The molecule has 0 radical (unpaired) electrons. The van der Waals surface area contributed by atoms with Gasteiger partial charge in [-0.2, -0.15) is 0 Å². The first-order valence-corrected chi connectivity index (χ1v) is 8.53. The topological polar surface area (TPSA) is 72.8 Å². The molecule has 3 N–H and O–H groups in total. The second-order valence-electron chi connectivity index (χ2n) is 6.13. The lowest BCUT2D eigenvalue weighted by Gasteiger charge is -2.05. The van der Waals surface area contributed by atoms with Gasteiger partial charge in [0.15, 0.2) is 5.69 Å². The molecule has 3 rings (SSSR count). The SMILES string of the molecule is CC(C)c1ccc2[nH]c(O)c(N=NC(=S)NCc3ccccc3)c2c1. The summed E-state index contributed by atoms with van der Waals surface area (Å²) in [4.78, 5) is 2.91. The number of hydrogen-bond donors (Lipinski definition) is 3. The van der Waals surface area contributed by atoms with Gasteiger partial charge in [-0.25, -0.2) is 0 Å². The van der Waals surface area contributed by atoms with Crippen LogP contribution in [0, 0.1) is 0 Å². The number of aromatic hydroxyl groups is 1. The quantitative estimate of drug-likeness (QED) is 0.449. The van der Waals surface area contributed by atoms with Gasteiger partial charge in [0.25, 0.3) is 0 Å². The highest BCUT2D eigenvalue weighted by atomic mass is 32.1. The van der Waals surface area contributed by atoms with Crippen molar-refractivity contribution in [2.24, 2.45) is 10.2 Å². The van der Waals surface area contributed by atoms with Crippen LogP contribution in [0.2, 0.25) is 0 Å². The molecule has 128 valence electrons. The smallest absolute Gasteiger partial charge is 0.218 e. The highest BCUT2D eigenvalue weighted by Crippen LogP contribution is 2.36. The van der Waals surface area contributed by atoms with Gasteiger partial charge in [-0.05, 0) is 41.4 Å². The normalized spacial score (nSPS) is 11.5. The van der Waals surface area contributed by atoms with Crippen molar-refractivity contribution >= 4 is 33.9 Å². The molecule has 3 aromatic rings. The number of benzene rings is 2. The van der Waals surface area contributed by atoms with Crippen molar-refractivity contribution in [2.45, 2.75) is 26.3 Å². The summed E-state index contributed by atoms with van der Waals surface area (Å²) in [5.74, 6) is 0.380. The number of fused-ring (bicyclic) bond motifs is 1. The van der Waals surface area contributed by atoms with E-state index in [4.69, 9.17) is 12.2 Å². The third kappa shape index (κ3) is 4.03. The fourth-order valence-electron chi connectivity index (χ4n) is 2.55. The molecule has 5 nitrogen and oxygen atoms in total. The molecule has 0 atom stereocenters. The van der Waals surface area contributed by atoms with Crippen molar-refractivity contribution in [3.05, 3.63) is 59.7 Å². The first-order valence-electron chi connectivity index (χ1n) is 8.12. The third-order valence-electron chi connectivity index (χ3n) is 3.97. The van der Waals surface area contributed by atoms with Crippen LogP contribution in [-0.4, -0.2) is 15.2 Å². The molecule has 0 aliphatic rings. The summed E-state index contributed by atoms with van der Waals surface area (Å²) in [5, 5.41) is 22.4. The minimum absolute atomic E-state index is 0.00878. The Morgan fingerprint density at radius 3 is 2.68 bits per heavy atom. The van der Waals surface area contributed by atoms with E-state index in [1.165, 1.54) is 5.56 Å². The van der Waals surface area contributed by atoms with Crippen LogP contribution in [-0.2, 0) is 6.54 Å². The van der Waals surface area contributed by atoms with E-state index in [1.807, 2.05) is 48.5 Å². The van der Waals surface area contributed by atoms with Crippen LogP contribution in [0.1, 0.15) is 30.9 Å². The van der Waals surface area contributed by atoms with Crippen LogP contribution >= 0.6 is 12.2 Å². The molecular weight excluding hydrogens is 332 g/mol. The van der Waals surface area contributed by atoms with Gasteiger partial charge in [0.05, 0.1) is 5.52 Å². The highest BCUT2D eigenvalue weighted by molar-refractivity contribution is 7.80. The first kappa shape index (κ1) is 17.1. The van der Waals surface area contributed by atoms with Gasteiger partial charge in [0.2, 0.25) is 11.0 Å². The molecule has 0 fully saturated rings. The van der Waals surface area contributed by atoms with E-state index in [1.54, 1.807) is 0 Å². The minimum Gasteiger partial charge on any atom is -0.493 e. The predicted octanol–water partition coefficient (Wildman–Crippen LogP) is 5.16. The van der Waals surface area contributed by atoms with Crippen LogP contribution in [0.4, 0.5) is 5.69 Å². The van der Waals surface area contributed by atoms with E-state index in [0.29, 0.717) is 18.2 Å². The lowest BCUT2D eigenvalue weighted by atomic mass is 10.0. The Kier molecular flexibility index (Phi) is 5.09. The average Bonchev–Trinajstić information content (AvgIpc) is 2.93. The summed E-state index contributed by atoms with van der Waals surface area (Å²) in [6.45, 7) is 4.82. The fraction of sp³-hybridized carbons (Fsp3) is 0.211. The number of H-pyrrole nitrogens is 1. The second kappa shape index (κ2) is 7.44. The molecule has 6 heteroatoms. The molecule has 0 amide bonds. The van der Waals surface area contributed by atoms with Crippen LogP contribution < -0.4 is 5.32 Å². The molecule has 1 heterocycles. The van der Waals surface area contributed by atoms with E-state index in [2.05, 4.69) is 34.4 Å². The zero-order chi connectivity index (χ0) is 17.8. The number of aromatic nitrogens is 1. The lowest BCUT2D eigenvalue weighted by Crippen LogP contribution is -2.18. The first-order chi connectivity index (χ1) is 12.0. The van der Waals surface area contributed by atoms with E-state index in [0.717, 1.165) is 16.5 Å². The molecule has 1 aromatic heterocycles. The zero-order valence-corrected chi connectivity index (χ0v) is 15.0. The van der Waals surface area contributed by atoms with Crippen LogP contribution in [0.25, 0.3) is 10.9 Å². The summed E-state index contributed by atoms with van der Waals surface area (Å²) in [7, 11) is 0. The molecule has 0 aliphatic heterocycles. The Hall–Kier alpha value is -2.73. The fourth-order valence-corrected chi connectivity index (χ4v) is 2.66. The summed E-state index contributed by atoms with van der Waals surface area (Å²) in [6.07, 6.45) is 0. The van der Waals surface area contributed by atoms with Gasteiger partial charge in [-0.3, -0.25) is 0 Å². The van der Waals surface area contributed by atoms with Gasteiger partial charge in [0, 0.05) is 11.9 Å². The van der Waals surface area contributed by atoms with Gasteiger partial charge in [-0.1, -0.05) is 50.2 Å². The number of aromatic amines is 1. The summed E-state index contributed by atoms with van der Waals surface area (Å²) < 4.78 is 0.